The van der Waals surface area contributed by atoms with Gasteiger partial charge in [0.1, 0.15) is 11.6 Å². The van der Waals surface area contributed by atoms with Crippen molar-refractivity contribution in [2.24, 2.45) is 0 Å². The van der Waals surface area contributed by atoms with Gasteiger partial charge in [-0.25, -0.2) is 4.39 Å². The molecule has 2 aliphatic heterocycles. The number of anilines is 2. The van der Waals surface area contributed by atoms with Crippen molar-refractivity contribution in [3.8, 4) is 0 Å². The number of carbonyl (C=O) groups excluding carboxylic acids is 1. The number of amides is 1. The van der Waals surface area contributed by atoms with Crippen LogP contribution in [-0.4, -0.2) is 69.9 Å². The average Bonchev–Trinajstić information content (AvgIpc) is 3.26. The first kappa shape index (κ1) is 20.7. The molecule has 1 aromatic carbocycles. The lowest BCUT2D eigenvalue weighted by Gasteiger charge is -2.36. The van der Waals surface area contributed by atoms with E-state index in [1.54, 1.807) is 16.6 Å². The average molecular weight is 438 g/mol. The Kier molecular flexibility index (Phi) is 5.87. The number of carbonyl (C=O) groups is 1. The maximum absolute atomic E-state index is 14.0. The van der Waals surface area contributed by atoms with Gasteiger partial charge in [0.2, 0.25) is 5.91 Å². The van der Waals surface area contributed by atoms with Crippen molar-refractivity contribution in [3.63, 3.8) is 0 Å². The number of piperidine rings is 1. The molecule has 9 heteroatoms. The monoisotopic (exact) mass is 437 g/mol. The molecule has 8 nitrogen and oxygen atoms in total. The van der Waals surface area contributed by atoms with Crippen LogP contribution in [-0.2, 0) is 11.2 Å². The van der Waals surface area contributed by atoms with Gasteiger partial charge in [0.15, 0.2) is 11.5 Å². The quantitative estimate of drug-likeness (QED) is 0.611. The standard InChI is InChI=1S/C23H28FN7O/c24-18-6-2-3-7-19(18)28-14-16-30(17-15-28)23(32)11-10-21-26-25-20-8-9-22(27-31(20)21)29-12-4-1-5-13-29/h2-3,6-9H,1,4-5,10-17H2. The molecule has 2 saturated heterocycles. The van der Waals surface area contributed by atoms with E-state index < -0.39 is 0 Å². The number of benzene rings is 1. The van der Waals surface area contributed by atoms with Gasteiger partial charge in [-0.2, -0.15) is 4.52 Å². The molecule has 5 rings (SSSR count). The molecule has 1 amide bonds. The SMILES string of the molecule is O=C(CCc1nnc2ccc(N3CCCCC3)nn12)N1CCN(c2ccccc2F)CC1. The third-order valence-electron chi connectivity index (χ3n) is 6.38. The molecule has 0 N–H and O–H groups in total. The Labute approximate surface area is 186 Å². The first-order valence-electron chi connectivity index (χ1n) is 11.4. The Hall–Kier alpha value is -3.23. The second-order valence-electron chi connectivity index (χ2n) is 8.44. The second-order valence-corrected chi connectivity index (χ2v) is 8.44. The highest BCUT2D eigenvalue weighted by molar-refractivity contribution is 5.76. The lowest BCUT2D eigenvalue weighted by molar-refractivity contribution is -0.131. The van der Waals surface area contributed by atoms with Crippen molar-refractivity contribution < 1.29 is 9.18 Å². The Morgan fingerprint density at radius 2 is 1.66 bits per heavy atom. The molecule has 168 valence electrons. The molecule has 32 heavy (non-hydrogen) atoms. The summed E-state index contributed by atoms with van der Waals surface area (Å²) in [6.45, 7) is 4.47. The van der Waals surface area contributed by atoms with Gasteiger partial charge in [-0.05, 0) is 43.5 Å². The molecule has 4 heterocycles. The predicted molar refractivity (Wildman–Crippen MR) is 120 cm³/mol. The van der Waals surface area contributed by atoms with Crippen LogP contribution in [0.1, 0.15) is 31.5 Å². The minimum absolute atomic E-state index is 0.0853. The van der Waals surface area contributed by atoms with Gasteiger partial charge >= 0.3 is 0 Å². The van der Waals surface area contributed by atoms with Gasteiger partial charge < -0.3 is 14.7 Å². The zero-order chi connectivity index (χ0) is 21.9. The number of hydrogen-bond acceptors (Lipinski definition) is 6. The summed E-state index contributed by atoms with van der Waals surface area (Å²) < 4.78 is 15.8. The van der Waals surface area contributed by atoms with E-state index in [4.69, 9.17) is 5.10 Å². The van der Waals surface area contributed by atoms with E-state index in [9.17, 15) is 9.18 Å². The van der Waals surface area contributed by atoms with Crippen molar-refractivity contribution in [3.05, 3.63) is 48.0 Å². The number of fused-ring (bicyclic) bond motifs is 1. The normalized spacial score (nSPS) is 17.2. The van der Waals surface area contributed by atoms with Crippen LogP contribution in [0.15, 0.2) is 36.4 Å². The first-order valence-corrected chi connectivity index (χ1v) is 11.4. The van der Waals surface area contributed by atoms with Gasteiger partial charge in [0.05, 0.1) is 5.69 Å². The summed E-state index contributed by atoms with van der Waals surface area (Å²) in [6, 6.07) is 10.7. The van der Waals surface area contributed by atoms with Crippen LogP contribution in [0, 0.1) is 5.82 Å². The number of nitrogens with zero attached hydrogens (tertiary/aromatic N) is 7. The lowest BCUT2D eigenvalue weighted by atomic mass is 10.1. The Morgan fingerprint density at radius 3 is 2.44 bits per heavy atom. The van der Waals surface area contributed by atoms with Gasteiger partial charge in [-0.3, -0.25) is 4.79 Å². The Morgan fingerprint density at radius 1 is 0.875 bits per heavy atom. The molecular formula is C23H28FN7O. The highest BCUT2D eigenvalue weighted by Crippen LogP contribution is 2.21. The van der Waals surface area contributed by atoms with E-state index in [-0.39, 0.29) is 11.7 Å². The smallest absolute Gasteiger partial charge is 0.223 e. The molecule has 3 aromatic rings. The van der Waals surface area contributed by atoms with Crippen molar-refractivity contribution in [1.82, 2.24) is 24.7 Å². The van der Waals surface area contributed by atoms with Gasteiger partial charge in [-0.1, -0.05) is 12.1 Å². The minimum Gasteiger partial charge on any atom is -0.366 e. The van der Waals surface area contributed by atoms with Crippen molar-refractivity contribution >= 4 is 23.1 Å². The van der Waals surface area contributed by atoms with Crippen LogP contribution < -0.4 is 9.80 Å². The van der Waals surface area contributed by atoms with E-state index >= 15 is 0 Å². The van der Waals surface area contributed by atoms with Crippen molar-refractivity contribution in [2.75, 3.05) is 49.1 Å². The molecule has 0 unspecified atom stereocenters. The fraction of sp³-hybridized carbons (Fsp3) is 0.478. The zero-order valence-electron chi connectivity index (χ0n) is 18.2. The second kappa shape index (κ2) is 9.10. The molecule has 0 bridgehead atoms. The van der Waals surface area contributed by atoms with E-state index in [0.29, 0.717) is 56.2 Å². The van der Waals surface area contributed by atoms with E-state index in [1.807, 2.05) is 28.0 Å². The highest BCUT2D eigenvalue weighted by atomic mass is 19.1. The number of piperazine rings is 1. The number of aryl methyl sites for hydroxylation is 1. The van der Waals surface area contributed by atoms with Gasteiger partial charge in [0, 0.05) is 52.1 Å². The maximum Gasteiger partial charge on any atom is 0.223 e. The summed E-state index contributed by atoms with van der Waals surface area (Å²) in [4.78, 5) is 19.0. The summed E-state index contributed by atoms with van der Waals surface area (Å²) in [5.74, 6) is 1.51. The number of hydrogen-bond donors (Lipinski definition) is 0. The third kappa shape index (κ3) is 4.24. The molecule has 2 aliphatic rings. The number of aromatic nitrogens is 4. The number of rotatable bonds is 5. The molecule has 2 fully saturated rings. The lowest BCUT2D eigenvalue weighted by Crippen LogP contribution is -2.49. The summed E-state index contributed by atoms with van der Waals surface area (Å²) in [5, 5.41) is 13.2. The first-order chi connectivity index (χ1) is 15.7. The van der Waals surface area contributed by atoms with Crippen LogP contribution >= 0.6 is 0 Å². The summed E-state index contributed by atoms with van der Waals surface area (Å²) in [5.41, 5.74) is 1.30. The van der Waals surface area contributed by atoms with Crippen LogP contribution in [0.2, 0.25) is 0 Å². The van der Waals surface area contributed by atoms with Crippen molar-refractivity contribution in [1.29, 1.82) is 0 Å². The van der Waals surface area contributed by atoms with Crippen LogP contribution in [0.4, 0.5) is 15.9 Å². The Bertz CT molecular complexity index is 1090. The molecular weight excluding hydrogens is 409 g/mol. The van der Waals surface area contributed by atoms with E-state index in [0.717, 1.165) is 18.9 Å². The van der Waals surface area contributed by atoms with Gasteiger partial charge in [0.25, 0.3) is 0 Å². The summed E-state index contributed by atoms with van der Waals surface area (Å²) in [7, 11) is 0. The fourth-order valence-electron chi connectivity index (χ4n) is 4.55. The highest BCUT2D eigenvalue weighted by Gasteiger charge is 2.23. The van der Waals surface area contributed by atoms with Crippen LogP contribution in [0.3, 0.4) is 0 Å². The predicted octanol–water partition coefficient (Wildman–Crippen LogP) is 2.54. The van der Waals surface area contributed by atoms with Crippen molar-refractivity contribution in [2.45, 2.75) is 32.1 Å². The third-order valence-corrected chi connectivity index (χ3v) is 6.38. The number of para-hydroxylation sites is 1. The molecule has 0 atom stereocenters. The Balaban J connectivity index is 1.19. The molecule has 0 radical (unpaired) electrons. The minimum atomic E-state index is -0.220. The molecule has 0 spiro atoms. The molecule has 2 aromatic heterocycles. The van der Waals surface area contributed by atoms with Gasteiger partial charge in [-0.15, -0.1) is 15.3 Å². The van der Waals surface area contributed by atoms with Crippen LogP contribution in [0.5, 0.6) is 0 Å². The molecule has 0 saturated carbocycles. The maximum atomic E-state index is 14.0. The summed E-state index contributed by atoms with van der Waals surface area (Å²) >= 11 is 0. The van der Waals surface area contributed by atoms with E-state index in [1.165, 1.54) is 25.3 Å². The number of halogens is 1. The van der Waals surface area contributed by atoms with Crippen LogP contribution in [0.25, 0.3) is 5.65 Å². The fourth-order valence-corrected chi connectivity index (χ4v) is 4.55. The topological polar surface area (TPSA) is 69.9 Å². The van der Waals surface area contributed by atoms with E-state index in [2.05, 4.69) is 15.1 Å². The largest absolute Gasteiger partial charge is 0.366 e. The zero-order valence-corrected chi connectivity index (χ0v) is 18.2. The molecule has 0 aliphatic carbocycles. The summed E-state index contributed by atoms with van der Waals surface area (Å²) in [6.07, 6.45) is 4.49.